The molecule has 2 aromatic carbocycles. The van der Waals surface area contributed by atoms with Gasteiger partial charge in [0.05, 0.1) is 27.2 Å². The van der Waals surface area contributed by atoms with Crippen LogP contribution in [0.1, 0.15) is 25.7 Å². The predicted molar refractivity (Wildman–Crippen MR) is 129 cm³/mol. The van der Waals surface area contributed by atoms with Crippen LogP contribution >= 0.6 is 11.3 Å². The number of carbonyl (C=O) groups is 2. The summed E-state index contributed by atoms with van der Waals surface area (Å²) in [7, 11) is 0. The standard InChI is InChI=1S/C25H18N4O3S/c1-15-22-19(14-20(28-25(22)32-29-15)16-7-3-2-4-8-16)23(30)26-17-9-5-10-18(13-17)27-24(31)21-11-6-12-33-21/h2-14H,1H3,(H,26,30)(H,27,31). The summed E-state index contributed by atoms with van der Waals surface area (Å²) < 4.78 is 5.36. The monoisotopic (exact) mass is 454 g/mol. The van der Waals surface area contributed by atoms with Gasteiger partial charge in [0.25, 0.3) is 17.5 Å². The van der Waals surface area contributed by atoms with Gasteiger partial charge in [0, 0.05) is 16.9 Å². The Hall–Kier alpha value is -4.30. The molecule has 0 spiro atoms. The molecule has 0 radical (unpaired) electrons. The molecule has 7 nitrogen and oxygen atoms in total. The third kappa shape index (κ3) is 4.24. The largest absolute Gasteiger partial charge is 0.335 e. The number of nitrogens with one attached hydrogen (secondary N) is 2. The second-order valence-corrected chi connectivity index (χ2v) is 8.28. The van der Waals surface area contributed by atoms with Crippen LogP contribution in [0.2, 0.25) is 0 Å². The molecule has 0 aliphatic carbocycles. The van der Waals surface area contributed by atoms with Gasteiger partial charge in [-0.3, -0.25) is 9.59 Å². The first-order valence-electron chi connectivity index (χ1n) is 10.2. The van der Waals surface area contributed by atoms with E-state index < -0.39 is 0 Å². The van der Waals surface area contributed by atoms with Crippen LogP contribution in [0.5, 0.6) is 0 Å². The molecular formula is C25H18N4O3S. The molecule has 0 atom stereocenters. The minimum Gasteiger partial charge on any atom is -0.335 e. The Balaban J connectivity index is 1.45. The van der Waals surface area contributed by atoms with Crippen molar-refractivity contribution in [3.8, 4) is 11.3 Å². The topological polar surface area (TPSA) is 97.1 Å². The molecule has 2 amide bonds. The Morgan fingerprint density at radius 1 is 0.879 bits per heavy atom. The molecule has 5 aromatic rings. The normalized spacial score (nSPS) is 10.8. The summed E-state index contributed by atoms with van der Waals surface area (Å²) in [5.74, 6) is -0.524. The molecule has 5 rings (SSSR count). The maximum atomic E-state index is 13.3. The van der Waals surface area contributed by atoms with E-state index >= 15 is 0 Å². The first-order valence-corrected chi connectivity index (χ1v) is 11.0. The Morgan fingerprint density at radius 3 is 2.36 bits per heavy atom. The average molecular weight is 455 g/mol. The highest BCUT2D eigenvalue weighted by molar-refractivity contribution is 7.12. The Bertz CT molecular complexity index is 1460. The van der Waals surface area contributed by atoms with Gasteiger partial charge in [-0.1, -0.05) is 47.6 Å². The molecule has 0 unspecified atom stereocenters. The summed E-state index contributed by atoms with van der Waals surface area (Å²) in [5.41, 5.74) is 3.89. The van der Waals surface area contributed by atoms with Crippen LogP contribution in [0.3, 0.4) is 0 Å². The van der Waals surface area contributed by atoms with Gasteiger partial charge in [0.1, 0.15) is 0 Å². The summed E-state index contributed by atoms with van der Waals surface area (Å²) in [6.45, 7) is 1.77. The number of benzene rings is 2. The van der Waals surface area contributed by atoms with Crippen molar-refractivity contribution in [3.05, 3.63) is 94.3 Å². The lowest BCUT2D eigenvalue weighted by atomic mass is 10.0. The third-order valence-corrected chi connectivity index (χ3v) is 5.92. The van der Waals surface area contributed by atoms with Gasteiger partial charge in [-0.05, 0) is 42.6 Å². The second kappa shape index (κ2) is 8.68. The number of rotatable bonds is 5. The van der Waals surface area contributed by atoms with Gasteiger partial charge in [0.15, 0.2) is 0 Å². The van der Waals surface area contributed by atoms with Gasteiger partial charge in [0.2, 0.25) is 0 Å². The summed E-state index contributed by atoms with van der Waals surface area (Å²) in [6, 6.07) is 21.9. The van der Waals surface area contributed by atoms with Crippen LogP contribution in [0, 0.1) is 6.92 Å². The van der Waals surface area contributed by atoms with Crippen molar-refractivity contribution in [2.45, 2.75) is 6.92 Å². The molecule has 2 N–H and O–H groups in total. The summed E-state index contributed by atoms with van der Waals surface area (Å²) in [5, 5.41) is 12.2. The van der Waals surface area contributed by atoms with Crippen molar-refractivity contribution in [2.24, 2.45) is 0 Å². The quantitative estimate of drug-likeness (QED) is 0.352. The SMILES string of the molecule is Cc1noc2nc(-c3ccccc3)cc(C(=O)Nc3cccc(NC(=O)c4cccs4)c3)c12. The highest BCUT2D eigenvalue weighted by atomic mass is 32.1. The molecule has 0 saturated carbocycles. The number of aryl methyl sites for hydroxylation is 1. The lowest BCUT2D eigenvalue weighted by Crippen LogP contribution is -2.14. The molecule has 33 heavy (non-hydrogen) atoms. The summed E-state index contributed by atoms with van der Waals surface area (Å²) in [4.78, 5) is 30.8. The fourth-order valence-corrected chi connectivity index (χ4v) is 4.12. The van der Waals surface area contributed by atoms with E-state index in [0.717, 1.165) is 5.56 Å². The smallest absolute Gasteiger partial charge is 0.265 e. The van der Waals surface area contributed by atoms with E-state index in [-0.39, 0.29) is 11.8 Å². The van der Waals surface area contributed by atoms with E-state index in [4.69, 9.17) is 4.52 Å². The van der Waals surface area contributed by atoms with E-state index in [9.17, 15) is 9.59 Å². The molecule has 0 aliphatic rings. The number of anilines is 2. The zero-order chi connectivity index (χ0) is 22.8. The average Bonchev–Trinajstić information content (AvgIpc) is 3.50. The number of hydrogen-bond acceptors (Lipinski definition) is 6. The summed E-state index contributed by atoms with van der Waals surface area (Å²) >= 11 is 1.36. The summed E-state index contributed by atoms with van der Waals surface area (Å²) in [6.07, 6.45) is 0. The van der Waals surface area contributed by atoms with Crippen molar-refractivity contribution in [2.75, 3.05) is 10.6 Å². The van der Waals surface area contributed by atoms with Crippen LogP contribution in [-0.2, 0) is 0 Å². The predicted octanol–water partition coefficient (Wildman–Crippen LogP) is 5.76. The molecule has 0 bridgehead atoms. The van der Waals surface area contributed by atoms with Crippen LogP contribution in [0.25, 0.3) is 22.4 Å². The molecule has 162 valence electrons. The lowest BCUT2D eigenvalue weighted by molar-refractivity contribution is 0.102. The zero-order valence-corrected chi connectivity index (χ0v) is 18.3. The van der Waals surface area contributed by atoms with Gasteiger partial charge in [-0.15, -0.1) is 11.3 Å². The van der Waals surface area contributed by atoms with Crippen molar-refractivity contribution < 1.29 is 14.1 Å². The number of hydrogen-bond donors (Lipinski definition) is 2. The van der Waals surface area contributed by atoms with E-state index in [1.54, 1.807) is 43.3 Å². The fourth-order valence-electron chi connectivity index (χ4n) is 3.50. The first kappa shape index (κ1) is 20.6. The third-order valence-electron chi connectivity index (χ3n) is 5.05. The van der Waals surface area contributed by atoms with Crippen LogP contribution in [0.4, 0.5) is 11.4 Å². The van der Waals surface area contributed by atoms with Crippen molar-refractivity contribution in [3.63, 3.8) is 0 Å². The number of carbonyl (C=O) groups excluding carboxylic acids is 2. The van der Waals surface area contributed by atoms with Gasteiger partial charge < -0.3 is 15.2 Å². The van der Waals surface area contributed by atoms with E-state index in [1.165, 1.54) is 11.3 Å². The maximum absolute atomic E-state index is 13.3. The minimum absolute atomic E-state index is 0.197. The number of nitrogens with zero attached hydrogens (tertiary/aromatic N) is 2. The second-order valence-electron chi connectivity index (χ2n) is 7.34. The maximum Gasteiger partial charge on any atom is 0.265 e. The number of pyridine rings is 1. The Morgan fingerprint density at radius 2 is 1.64 bits per heavy atom. The van der Waals surface area contributed by atoms with E-state index in [1.807, 2.05) is 41.8 Å². The number of thiophene rings is 1. The highest BCUT2D eigenvalue weighted by Crippen LogP contribution is 2.28. The van der Waals surface area contributed by atoms with Crippen LogP contribution in [-0.4, -0.2) is 22.0 Å². The first-order chi connectivity index (χ1) is 16.1. The van der Waals surface area contributed by atoms with Crippen LogP contribution < -0.4 is 10.6 Å². The lowest BCUT2D eigenvalue weighted by Gasteiger charge is -2.10. The van der Waals surface area contributed by atoms with Crippen molar-refractivity contribution in [1.82, 2.24) is 10.1 Å². The Labute approximate surface area is 193 Å². The molecule has 0 aliphatic heterocycles. The van der Waals surface area contributed by atoms with E-state index in [0.29, 0.717) is 44.3 Å². The zero-order valence-electron chi connectivity index (χ0n) is 17.5. The van der Waals surface area contributed by atoms with E-state index in [2.05, 4.69) is 20.8 Å². The molecule has 0 fully saturated rings. The van der Waals surface area contributed by atoms with Gasteiger partial charge in [-0.25, -0.2) is 4.98 Å². The number of aromatic nitrogens is 2. The molecule has 3 heterocycles. The molecular weight excluding hydrogens is 436 g/mol. The van der Waals surface area contributed by atoms with Crippen molar-refractivity contribution >= 4 is 45.6 Å². The van der Waals surface area contributed by atoms with Crippen LogP contribution in [0.15, 0.2) is 82.7 Å². The highest BCUT2D eigenvalue weighted by Gasteiger charge is 2.20. The van der Waals surface area contributed by atoms with Gasteiger partial charge in [-0.2, -0.15) is 0 Å². The fraction of sp³-hybridized carbons (Fsp3) is 0.0400. The molecule has 0 saturated heterocycles. The number of fused-ring (bicyclic) bond motifs is 1. The van der Waals surface area contributed by atoms with Gasteiger partial charge >= 0.3 is 0 Å². The molecule has 3 aromatic heterocycles. The Kier molecular flexibility index (Phi) is 5.42. The minimum atomic E-state index is -0.326. The number of amides is 2. The molecule has 8 heteroatoms. The van der Waals surface area contributed by atoms with Crippen molar-refractivity contribution in [1.29, 1.82) is 0 Å².